The summed E-state index contributed by atoms with van der Waals surface area (Å²) < 4.78 is 1.70. The van der Waals surface area contributed by atoms with Gasteiger partial charge in [0.05, 0.1) is 0 Å². The molecule has 2 heterocycles. The summed E-state index contributed by atoms with van der Waals surface area (Å²) in [7, 11) is 0. The molecule has 0 aliphatic carbocycles. The zero-order chi connectivity index (χ0) is 17.2. The Bertz CT molecular complexity index is 1030. The van der Waals surface area contributed by atoms with Gasteiger partial charge in [-0.2, -0.15) is 4.73 Å². The lowest BCUT2D eigenvalue weighted by Gasteiger charge is -2.11. The Balaban J connectivity index is 1.75. The largest absolute Gasteiger partial charge is 0.407 e. The van der Waals surface area contributed by atoms with Crippen LogP contribution < -0.4 is 4.84 Å². The van der Waals surface area contributed by atoms with E-state index < -0.39 is 0 Å². The summed E-state index contributed by atoms with van der Waals surface area (Å²) >= 11 is 12.0. The van der Waals surface area contributed by atoms with E-state index in [9.17, 15) is 0 Å². The first-order chi connectivity index (χ1) is 12.2. The highest BCUT2D eigenvalue weighted by molar-refractivity contribution is 6.30. The van der Waals surface area contributed by atoms with E-state index in [1.165, 1.54) is 0 Å². The number of nitrogens with zero attached hydrogens (tertiary/aromatic N) is 3. The molecule has 2 aromatic heterocycles. The Labute approximate surface area is 154 Å². The molecule has 2 aromatic carbocycles. The molecule has 4 aromatic rings. The molecule has 0 atom stereocenters. The molecule has 0 aliphatic rings. The molecule has 0 aliphatic heterocycles. The van der Waals surface area contributed by atoms with E-state index in [-0.39, 0.29) is 0 Å². The maximum Gasteiger partial charge on any atom is 0.181 e. The molecule has 0 bridgehead atoms. The molecule has 0 N–H and O–H groups in total. The van der Waals surface area contributed by atoms with Crippen molar-refractivity contribution < 1.29 is 4.84 Å². The average Bonchev–Trinajstić information content (AvgIpc) is 2.99. The first-order valence-electron chi connectivity index (χ1n) is 7.68. The normalized spacial score (nSPS) is 11.0. The molecule has 0 amide bonds. The van der Waals surface area contributed by atoms with E-state index in [1.54, 1.807) is 10.9 Å². The van der Waals surface area contributed by atoms with Gasteiger partial charge >= 0.3 is 0 Å². The number of imidazole rings is 1. The van der Waals surface area contributed by atoms with Crippen molar-refractivity contribution in [3.63, 3.8) is 0 Å². The van der Waals surface area contributed by atoms with Crippen molar-refractivity contribution in [1.82, 2.24) is 14.7 Å². The molecule has 4 rings (SSSR count). The van der Waals surface area contributed by atoms with Crippen LogP contribution >= 0.6 is 23.2 Å². The third-order valence-corrected chi connectivity index (χ3v) is 4.23. The quantitative estimate of drug-likeness (QED) is 0.506. The molecule has 0 spiro atoms. The topological polar surface area (TPSA) is 39.9 Å². The van der Waals surface area contributed by atoms with Gasteiger partial charge < -0.3 is 4.84 Å². The van der Waals surface area contributed by atoms with Gasteiger partial charge in [-0.3, -0.25) is 0 Å². The Kier molecular flexibility index (Phi) is 4.30. The van der Waals surface area contributed by atoms with Crippen molar-refractivity contribution in [1.29, 1.82) is 0 Å². The number of fused-ring (bicyclic) bond motifs is 1. The van der Waals surface area contributed by atoms with Gasteiger partial charge in [-0.05, 0) is 54.1 Å². The van der Waals surface area contributed by atoms with E-state index in [1.807, 2.05) is 60.7 Å². The van der Waals surface area contributed by atoms with E-state index in [4.69, 9.17) is 28.0 Å². The minimum atomic E-state index is 0.363. The second-order valence-electron chi connectivity index (χ2n) is 5.49. The zero-order valence-corrected chi connectivity index (χ0v) is 14.6. The van der Waals surface area contributed by atoms with Crippen LogP contribution in [0.3, 0.4) is 0 Å². The summed E-state index contributed by atoms with van der Waals surface area (Å²) in [5.74, 6) is 0.674. The van der Waals surface area contributed by atoms with Gasteiger partial charge in [-0.1, -0.05) is 35.3 Å². The van der Waals surface area contributed by atoms with Crippen molar-refractivity contribution >= 4 is 34.4 Å². The molecule has 4 nitrogen and oxygen atoms in total. The van der Waals surface area contributed by atoms with Gasteiger partial charge in [0, 0.05) is 21.8 Å². The molecular weight excluding hydrogens is 357 g/mol. The summed E-state index contributed by atoms with van der Waals surface area (Å²) in [6.07, 6.45) is 1.71. The number of hydrogen-bond donors (Lipinski definition) is 0. The Morgan fingerprint density at radius 2 is 1.76 bits per heavy atom. The molecule has 0 radical (unpaired) electrons. The summed E-state index contributed by atoms with van der Waals surface area (Å²) in [5.41, 5.74) is 3.29. The highest BCUT2D eigenvalue weighted by atomic mass is 35.5. The van der Waals surface area contributed by atoms with Crippen LogP contribution in [-0.4, -0.2) is 14.7 Å². The first kappa shape index (κ1) is 15.9. The van der Waals surface area contributed by atoms with Crippen LogP contribution in [0.25, 0.3) is 22.6 Å². The van der Waals surface area contributed by atoms with Crippen LogP contribution in [0.4, 0.5) is 0 Å². The summed E-state index contributed by atoms with van der Waals surface area (Å²) in [6, 6.07) is 18.8. The third-order valence-electron chi connectivity index (χ3n) is 3.74. The molecule has 0 saturated carbocycles. The number of benzene rings is 2. The minimum absolute atomic E-state index is 0.363. The van der Waals surface area contributed by atoms with Gasteiger partial charge in [0.15, 0.2) is 11.5 Å². The summed E-state index contributed by atoms with van der Waals surface area (Å²) in [5, 5.41) is 1.35. The molecule has 0 saturated heterocycles. The number of halogens is 2. The molecular formula is C19H13Cl2N3O. The van der Waals surface area contributed by atoms with Crippen molar-refractivity contribution in [3.05, 3.63) is 82.5 Å². The standard InChI is InChI=1S/C19H13Cl2N3O/c20-15-8-6-14(7-9-15)19-23-18-17(5-2-10-22-18)24(19)25-12-13-3-1-4-16(21)11-13/h1-11H,12H2. The van der Waals surface area contributed by atoms with E-state index in [0.29, 0.717) is 28.1 Å². The van der Waals surface area contributed by atoms with Gasteiger partial charge in [0.25, 0.3) is 0 Å². The monoisotopic (exact) mass is 369 g/mol. The molecule has 6 heteroatoms. The van der Waals surface area contributed by atoms with Gasteiger partial charge in [0.2, 0.25) is 0 Å². The van der Waals surface area contributed by atoms with Gasteiger partial charge in [-0.15, -0.1) is 0 Å². The average molecular weight is 370 g/mol. The van der Waals surface area contributed by atoms with Crippen molar-refractivity contribution in [2.45, 2.75) is 6.61 Å². The zero-order valence-electron chi connectivity index (χ0n) is 13.1. The van der Waals surface area contributed by atoms with E-state index >= 15 is 0 Å². The maximum absolute atomic E-state index is 6.05. The van der Waals surface area contributed by atoms with Crippen LogP contribution in [0.15, 0.2) is 66.9 Å². The van der Waals surface area contributed by atoms with E-state index in [2.05, 4.69) is 9.97 Å². The number of rotatable bonds is 4. The number of aromatic nitrogens is 3. The molecule has 0 fully saturated rings. The van der Waals surface area contributed by atoms with Crippen LogP contribution in [0.2, 0.25) is 10.0 Å². The fraction of sp³-hybridized carbons (Fsp3) is 0.0526. The molecule has 124 valence electrons. The van der Waals surface area contributed by atoms with Crippen molar-refractivity contribution in [3.8, 4) is 11.4 Å². The second-order valence-corrected chi connectivity index (χ2v) is 6.36. The Morgan fingerprint density at radius 3 is 2.56 bits per heavy atom. The van der Waals surface area contributed by atoms with Crippen molar-refractivity contribution in [2.75, 3.05) is 0 Å². The van der Waals surface area contributed by atoms with Gasteiger partial charge in [-0.25, -0.2) is 9.97 Å². The minimum Gasteiger partial charge on any atom is -0.407 e. The highest BCUT2D eigenvalue weighted by Crippen LogP contribution is 2.24. The maximum atomic E-state index is 6.05. The first-order valence-corrected chi connectivity index (χ1v) is 8.43. The Morgan fingerprint density at radius 1 is 0.920 bits per heavy atom. The lowest BCUT2D eigenvalue weighted by Crippen LogP contribution is -2.12. The van der Waals surface area contributed by atoms with Gasteiger partial charge in [0.1, 0.15) is 12.1 Å². The fourth-order valence-corrected chi connectivity index (χ4v) is 2.91. The lowest BCUT2D eigenvalue weighted by molar-refractivity contribution is 0.110. The van der Waals surface area contributed by atoms with Crippen LogP contribution in [-0.2, 0) is 6.61 Å². The predicted octanol–water partition coefficient (Wildman–Crippen LogP) is 5.03. The smallest absolute Gasteiger partial charge is 0.181 e. The van der Waals surface area contributed by atoms with Crippen LogP contribution in [0, 0.1) is 0 Å². The lowest BCUT2D eigenvalue weighted by atomic mass is 10.2. The second kappa shape index (κ2) is 6.75. The summed E-state index contributed by atoms with van der Waals surface area (Å²) in [4.78, 5) is 15.0. The third kappa shape index (κ3) is 3.31. The highest BCUT2D eigenvalue weighted by Gasteiger charge is 2.14. The number of pyridine rings is 1. The SMILES string of the molecule is Clc1ccc(-c2nc3ncccc3n2OCc2cccc(Cl)c2)cc1. The fourth-order valence-electron chi connectivity index (χ4n) is 2.57. The van der Waals surface area contributed by atoms with Crippen molar-refractivity contribution in [2.24, 2.45) is 0 Å². The van der Waals surface area contributed by atoms with Crippen LogP contribution in [0.5, 0.6) is 0 Å². The van der Waals surface area contributed by atoms with Crippen LogP contribution in [0.1, 0.15) is 5.56 Å². The summed E-state index contributed by atoms with van der Waals surface area (Å²) in [6.45, 7) is 0.363. The predicted molar refractivity (Wildman–Crippen MR) is 99.7 cm³/mol. The number of hydrogen-bond acceptors (Lipinski definition) is 3. The molecule has 25 heavy (non-hydrogen) atoms. The Hall–Kier alpha value is -2.56. The molecule has 0 unspecified atom stereocenters. The van der Waals surface area contributed by atoms with E-state index in [0.717, 1.165) is 16.6 Å².